The Labute approximate surface area is 126 Å². The number of pyridine rings is 1. The van der Waals surface area contributed by atoms with Gasteiger partial charge in [0.05, 0.1) is 5.69 Å². The molecular formula is C14H14N6S. The molecule has 2 aromatic heterocycles. The molecule has 0 atom stereocenters. The second-order valence-corrected chi connectivity index (χ2v) is 5.44. The first kappa shape index (κ1) is 13.7. The molecule has 0 saturated carbocycles. The van der Waals surface area contributed by atoms with Gasteiger partial charge in [-0.05, 0) is 52.4 Å². The van der Waals surface area contributed by atoms with Crippen molar-refractivity contribution in [2.24, 2.45) is 5.73 Å². The van der Waals surface area contributed by atoms with Crippen molar-refractivity contribution in [3.05, 3.63) is 53.7 Å². The van der Waals surface area contributed by atoms with E-state index in [-0.39, 0.29) is 0 Å². The first-order valence-electron chi connectivity index (χ1n) is 6.45. The van der Waals surface area contributed by atoms with Crippen LogP contribution in [0.4, 0.5) is 0 Å². The van der Waals surface area contributed by atoms with Crippen LogP contribution in [0.3, 0.4) is 0 Å². The maximum absolute atomic E-state index is 5.62. The van der Waals surface area contributed by atoms with Gasteiger partial charge < -0.3 is 5.73 Å². The fourth-order valence-corrected chi connectivity index (χ4v) is 2.70. The largest absolute Gasteiger partial charge is 0.326 e. The SMILES string of the molecule is Cc1cc(CN)cnc1Sc1nnnn1-c1ccccc1. The molecular weight excluding hydrogens is 284 g/mol. The normalized spacial score (nSPS) is 10.8. The van der Waals surface area contributed by atoms with E-state index in [0.29, 0.717) is 11.7 Å². The molecule has 0 bridgehead atoms. The third-order valence-electron chi connectivity index (χ3n) is 2.95. The van der Waals surface area contributed by atoms with Crippen LogP contribution in [0.5, 0.6) is 0 Å². The molecule has 3 rings (SSSR count). The number of tetrazole rings is 1. The zero-order chi connectivity index (χ0) is 14.7. The molecule has 0 fully saturated rings. The number of aryl methyl sites for hydroxylation is 1. The number of aromatic nitrogens is 5. The van der Waals surface area contributed by atoms with Gasteiger partial charge in [0.15, 0.2) is 0 Å². The molecule has 0 radical (unpaired) electrons. The van der Waals surface area contributed by atoms with Crippen LogP contribution < -0.4 is 5.73 Å². The fraction of sp³-hybridized carbons (Fsp3) is 0.143. The van der Waals surface area contributed by atoms with E-state index in [1.807, 2.05) is 43.3 Å². The number of rotatable bonds is 4. The first-order chi connectivity index (χ1) is 10.3. The van der Waals surface area contributed by atoms with E-state index in [4.69, 9.17) is 5.73 Å². The van der Waals surface area contributed by atoms with Crippen molar-refractivity contribution < 1.29 is 0 Å². The molecule has 0 aliphatic heterocycles. The quantitative estimate of drug-likeness (QED) is 0.793. The minimum atomic E-state index is 0.487. The van der Waals surface area contributed by atoms with Crippen molar-refractivity contribution in [1.82, 2.24) is 25.2 Å². The van der Waals surface area contributed by atoms with Gasteiger partial charge in [-0.1, -0.05) is 24.3 Å². The predicted molar refractivity (Wildman–Crippen MR) is 80.1 cm³/mol. The molecule has 2 heterocycles. The van der Waals surface area contributed by atoms with Crippen LogP contribution in [0, 0.1) is 6.92 Å². The maximum Gasteiger partial charge on any atom is 0.220 e. The fourth-order valence-electron chi connectivity index (χ4n) is 1.90. The molecule has 2 N–H and O–H groups in total. The summed E-state index contributed by atoms with van der Waals surface area (Å²) in [5.41, 5.74) is 8.61. The number of nitrogens with two attached hydrogens (primary N) is 1. The Hall–Kier alpha value is -2.25. The third kappa shape index (κ3) is 2.93. The molecule has 0 amide bonds. The number of benzene rings is 1. The highest BCUT2D eigenvalue weighted by Gasteiger charge is 2.12. The molecule has 0 aliphatic rings. The van der Waals surface area contributed by atoms with Crippen LogP contribution in [-0.4, -0.2) is 25.2 Å². The van der Waals surface area contributed by atoms with Gasteiger partial charge in [-0.15, -0.1) is 5.10 Å². The van der Waals surface area contributed by atoms with Gasteiger partial charge >= 0.3 is 0 Å². The summed E-state index contributed by atoms with van der Waals surface area (Å²) in [5.74, 6) is 0. The van der Waals surface area contributed by atoms with Crippen LogP contribution in [0.2, 0.25) is 0 Å². The van der Waals surface area contributed by atoms with E-state index in [1.165, 1.54) is 11.8 Å². The van der Waals surface area contributed by atoms with Crippen molar-refractivity contribution in [2.75, 3.05) is 0 Å². The molecule has 0 aliphatic carbocycles. The summed E-state index contributed by atoms with van der Waals surface area (Å²) in [6.07, 6.45) is 1.78. The number of hydrogen-bond acceptors (Lipinski definition) is 6. The van der Waals surface area contributed by atoms with E-state index in [2.05, 4.69) is 20.5 Å². The third-order valence-corrected chi connectivity index (χ3v) is 4.01. The highest BCUT2D eigenvalue weighted by molar-refractivity contribution is 7.99. The summed E-state index contributed by atoms with van der Waals surface area (Å²) in [7, 11) is 0. The minimum Gasteiger partial charge on any atom is -0.326 e. The Bertz CT molecular complexity index is 740. The lowest BCUT2D eigenvalue weighted by molar-refractivity contribution is 0.755. The number of para-hydroxylation sites is 1. The Kier molecular flexibility index (Phi) is 3.94. The molecule has 1 aromatic carbocycles. The number of nitrogens with zero attached hydrogens (tertiary/aromatic N) is 5. The van der Waals surface area contributed by atoms with E-state index in [1.54, 1.807) is 10.9 Å². The van der Waals surface area contributed by atoms with Crippen LogP contribution in [0.1, 0.15) is 11.1 Å². The van der Waals surface area contributed by atoms with Crippen LogP contribution in [0.15, 0.2) is 52.8 Å². The smallest absolute Gasteiger partial charge is 0.220 e. The molecule has 0 spiro atoms. The number of hydrogen-bond donors (Lipinski definition) is 1. The van der Waals surface area contributed by atoms with Crippen LogP contribution in [-0.2, 0) is 6.54 Å². The van der Waals surface area contributed by atoms with Gasteiger partial charge in [0.1, 0.15) is 5.03 Å². The Balaban J connectivity index is 1.92. The Morgan fingerprint density at radius 2 is 2.05 bits per heavy atom. The molecule has 3 aromatic rings. The minimum absolute atomic E-state index is 0.487. The van der Waals surface area contributed by atoms with E-state index in [0.717, 1.165) is 21.8 Å². The Morgan fingerprint density at radius 3 is 2.76 bits per heavy atom. The first-order valence-corrected chi connectivity index (χ1v) is 7.27. The molecule has 0 saturated heterocycles. The van der Waals surface area contributed by atoms with Gasteiger partial charge in [-0.2, -0.15) is 4.68 Å². The summed E-state index contributed by atoms with van der Waals surface area (Å²) in [6, 6.07) is 11.8. The lowest BCUT2D eigenvalue weighted by atomic mass is 10.2. The molecule has 0 unspecified atom stereocenters. The summed E-state index contributed by atoms with van der Waals surface area (Å²) >= 11 is 1.44. The van der Waals surface area contributed by atoms with Crippen molar-refractivity contribution in [1.29, 1.82) is 0 Å². The lowest BCUT2D eigenvalue weighted by Crippen LogP contribution is -2.01. The lowest BCUT2D eigenvalue weighted by Gasteiger charge is -2.06. The van der Waals surface area contributed by atoms with Gasteiger partial charge in [0, 0.05) is 12.7 Å². The van der Waals surface area contributed by atoms with Gasteiger partial charge in [-0.25, -0.2) is 4.98 Å². The van der Waals surface area contributed by atoms with Gasteiger partial charge in [-0.3, -0.25) is 0 Å². The summed E-state index contributed by atoms with van der Waals surface area (Å²) in [6.45, 7) is 2.49. The van der Waals surface area contributed by atoms with Crippen molar-refractivity contribution in [2.45, 2.75) is 23.7 Å². The van der Waals surface area contributed by atoms with Crippen molar-refractivity contribution in [3.8, 4) is 5.69 Å². The summed E-state index contributed by atoms with van der Waals surface area (Å²) < 4.78 is 1.70. The van der Waals surface area contributed by atoms with E-state index < -0.39 is 0 Å². The summed E-state index contributed by atoms with van der Waals surface area (Å²) in [5, 5.41) is 13.4. The average Bonchev–Trinajstić information content (AvgIpc) is 2.98. The van der Waals surface area contributed by atoms with Gasteiger partial charge in [0.2, 0.25) is 5.16 Å². The predicted octanol–water partition coefficient (Wildman–Crippen LogP) is 1.98. The monoisotopic (exact) mass is 298 g/mol. The molecule has 7 heteroatoms. The Morgan fingerprint density at radius 1 is 1.24 bits per heavy atom. The summed E-state index contributed by atoms with van der Waals surface area (Å²) in [4.78, 5) is 4.43. The van der Waals surface area contributed by atoms with Crippen LogP contribution >= 0.6 is 11.8 Å². The average molecular weight is 298 g/mol. The molecule has 106 valence electrons. The second-order valence-electron chi connectivity index (χ2n) is 4.48. The highest BCUT2D eigenvalue weighted by atomic mass is 32.2. The molecule has 21 heavy (non-hydrogen) atoms. The van der Waals surface area contributed by atoms with E-state index in [9.17, 15) is 0 Å². The van der Waals surface area contributed by atoms with Crippen molar-refractivity contribution >= 4 is 11.8 Å². The zero-order valence-corrected chi connectivity index (χ0v) is 12.3. The van der Waals surface area contributed by atoms with E-state index >= 15 is 0 Å². The maximum atomic E-state index is 5.62. The topological polar surface area (TPSA) is 82.5 Å². The highest BCUT2D eigenvalue weighted by Crippen LogP contribution is 2.28. The standard InChI is InChI=1S/C14H14N6S/c1-10-7-11(8-15)9-16-13(10)21-14-17-18-19-20(14)12-5-3-2-4-6-12/h2-7,9H,8,15H2,1H3. The zero-order valence-electron chi connectivity index (χ0n) is 11.5. The molecule has 6 nitrogen and oxygen atoms in total. The van der Waals surface area contributed by atoms with Crippen LogP contribution in [0.25, 0.3) is 5.69 Å². The van der Waals surface area contributed by atoms with Gasteiger partial charge in [0.25, 0.3) is 0 Å². The van der Waals surface area contributed by atoms with Crippen molar-refractivity contribution in [3.63, 3.8) is 0 Å². The second kappa shape index (κ2) is 6.02.